The summed E-state index contributed by atoms with van der Waals surface area (Å²) in [5.41, 5.74) is 0. The first-order chi connectivity index (χ1) is 10.4. The lowest BCUT2D eigenvalue weighted by molar-refractivity contribution is 0.255. The predicted molar refractivity (Wildman–Crippen MR) is 81.1 cm³/mol. The van der Waals surface area contributed by atoms with Gasteiger partial charge < -0.3 is 14.6 Å². The molecule has 1 saturated heterocycles. The van der Waals surface area contributed by atoms with E-state index in [0.717, 1.165) is 57.5 Å². The van der Waals surface area contributed by atoms with Crippen molar-refractivity contribution in [1.29, 1.82) is 0 Å². The zero-order valence-electron chi connectivity index (χ0n) is 12.1. The van der Waals surface area contributed by atoms with E-state index < -0.39 is 0 Å². The first kappa shape index (κ1) is 14.0. The Balaban J connectivity index is 1.34. The van der Waals surface area contributed by atoms with Crippen LogP contribution >= 0.6 is 0 Å². The first-order valence-corrected chi connectivity index (χ1v) is 7.39. The van der Waals surface area contributed by atoms with Crippen molar-refractivity contribution in [2.45, 2.75) is 6.54 Å². The molecule has 0 amide bonds. The van der Waals surface area contributed by atoms with Gasteiger partial charge in [-0.25, -0.2) is 9.97 Å². The molecule has 3 rings (SSSR count). The molecule has 3 heterocycles. The van der Waals surface area contributed by atoms with Gasteiger partial charge in [0, 0.05) is 51.7 Å². The maximum atomic E-state index is 5.29. The summed E-state index contributed by atoms with van der Waals surface area (Å²) in [6, 6.07) is 5.76. The van der Waals surface area contributed by atoms with Crippen LogP contribution in [0.2, 0.25) is 0 Å². The van der Waals surface area contributed by atoms with Gasteiger partial charge in [-0.1, -0.05) is 0 Å². The Morgan fingerprint density at radius 2 is 1.90 bits per heavy atom. The molecule has 112 valence electrons. The van der Waals surface area contributed by atoms with Crippen molar-refractivity contribution in [3.8, 4) is 0 Å². The lowest BCUT2D eigenvalue weighted by Crippen LogP contribution is -2.48. The van der Waals surface area contributed by atoms with E-state index in [1.165, 1.54) is 0 Å². The molecule has 0 radical (unpaired) electrons. The van der Waals surface area contributed by atoms with E-state index in [1.807, 2.05) is 18.2 Å². The molecule has 0 aromatic carbocycles. The normalized spacial score (nSPS) is 16.3. The van der Waals surface area contributed by atoms with Gasteiger partial charge in [0.25, 0.3) is 0 Å². The highest BCUT2D eigenvalue weighted by Gasteiger charge is 2.17. The van der Waals surface area contributed by atoms with Crippen LogP contribution in [0.1, 0.15) is 5.76 Å². The number of nitrogens with one attached hydrogen (secondary N) is 1. The molecule has 1 N–H and O–H groups in total. The summed E-state index contributed by atoms with van der Waals surface area (Å²) in [5.74, 6) is 1.83. The Kier molecular flexibility index (Phi) is 4.81. The average molecular weight is 287 g/mol. The first-order valence-electron chi connectivity index (χ1n) is 7.39. The van der Waals surface area contributed by atoms with Crippen LogP contribution in [-0.4, -0.2) is 54.1 Å². The number of aromatic nitrogens is 2. The third-order valence-electron chi connectivity index (χ3n) is 3.69. The predicted octanol–water partition coefficient (Wildman–Crippen LogP) is 0.981. The van der Waals surface area contributed by atoms with Gasteiger partial charge in [-0.15, -0.1) is 0 Å². The minimum absolute atomic E-state index is 0.796. The van der Waals surface area contributed by atoms with Crippen LogP contribution in [0.15, 0.2) is 41.3 Å². The summed E-state index contributed by atoms with van der Waals surface area (Å²) >= 11 is 0. The average Bonchev–Trinajstić information content (AvgIpc) is 3.06. The molecule has 1 aliphatic rings. The van der Waals surface area contributed by atoms with Crippen molar-refractivity contribution >= 4 is 5.95 Å². The van der Waals surface area contributed by atoms with Crippen molar-refractivity contribution in [3.63, 3.8) is 0 Å². The second-order valence-corrected chi connectivity index (χ2v) is 5.13. The monoisotopic (exact) mass is 287 g/mol. The molecule has 2 aromatic heterocycles. The van der Waals surface area contributed by atoms with Crippen LogP contribution < -0.4 is 10.2 Å². The Labute approximate surface area is 124 Å². The maximum absolute atomic E-state index is 5.29. The van der Waals surface area contributed by atoms with Gasteiger partial charge >= 0.3 is 0 Å². The summed E-state index contributed by atoms with van der Waals surface area (Å²) in [6.07, 6.45) is 5.31. The largest absolute Gasteiger partial charge is 0.468 e. The Hall–Kier alpha value is -1.92. The number of hydrogen-bond donors (Lipinski definition) is 1. The van der Waals surface area contributed by atoms with Gasteiger partial charge in [-0.3, -0.25) is 4.90 Å². The fourth-order valence-corrected chi connectivity index (χ4v) is 2.49. The maximum Gasteiger partial charge on any atom is 0.225 e. The van der Waals surface area contributed by atoms with Crippen LogP contribution in [0.5, 0.6) is 0 Å². The molecule has 1 fully saturated rings. The molecular weight excluding hydrogens is 266 g/mol. The van der Waals surface area contributed by atoms with Gasteiger partial charge in [-0.2, -0.15) is 0 Å². The van der Waals surface area contributed by atoms with Crippen LogP contribution in [0.3, 0.4) is 0 Å². The molecule has 1 aliphatic heterocycles. The van der Waals surface area contributed by atoms with Gasteiger partial charge in [0.1, 0.15) is 5.76 Å². The van der Waals surface area contributed by atoms with Gasteiger partial charge in [0.15, 0.2) is 0 Å². The van der Waals surface area contributed by atoms with E-state index in [9.17, 15) is 0 Å². The Morgan fingerprint density at radius 3 is 2.62 bits per heavy atom. The van der Waals surface area contributed by atoms with E-state index >= 15 is 0 Å². The van der Waals surface area contributed by atoms with Gasteiger partial charge in [-0.05, 0) is 18.2 Å². The summed E-state index contributed by atoms with van der Waals surface area (Å²) in [6.45, 7) is 6.92. The molecule has 0 saturated carbocycles. The molecule has 6 heteroatoms. The summed E-state index contributed by atoms with van der Waals surface area (Å²) in [4.78, 5) is 13.3. The Morgan fingerprint density at radius 1 is 1.10 bits per heavy atom. The molecule has 21 heavy (non-hydrogen) atoms. The molecule has 2 aromatic rings. The quantitative estimate of drug-likeness (QED) is 0.799. The van der Waals surface area contributed by atoms with E-state index in [2.05, 4.69) is 25.1 Å². The van der Waals surface area contributed by atoms with Gasteiger partial charge in [0.2, 0.25) is 5.95 Å². The van der Waals surface area contributed by atoms with Crippen LogP contribution in [0.25, 0.3) is 0 Å². The molecule has 0 atom stereocenters. The zero-order valence-corrected chi connectivity index (χ0v) is 12.1. The molecule has 0 spiro atoms. The van der Waals surface area contributed by atoms with Gasteiger partial charge in [0.05, 0.1) is 12.8 Å². The lowest BCUT2D eigenvalue weighted by Gasteiger charge is -2.34. The van der Waals surface area contributed by atoms with Crippen molar-refractivity contribution in [1.82, 2.24) is 20.2 Å². The molecular formula is C15H21N5O. The number of anilines is 1. The van der Waals surface area contributed by atoms with E-state index in [4.69, 9.17) is 4.42 Å². The van der Waals surface area contributed by atoms with Crippen molar-refractivity contribution in [2.75, 3.05) is 44.2 Å². The lowest BCUT2D eigenvalue weighted by atomic mass is 10.3. The number of nitrogens with zero attached hydrogens (tertiary/aromatic N) is 4. The number of hydrogen-bond acceptors (Lipinski definition) is 6. The third-order valence-corrected chi connectivity index (χ3v) is 3.69. The molecule has 6 nitrogen and oxygen atoms in total. The van der Waals surface area contributed by atoms with Crippen LogP contribution in [-0.2, 0) is 6.54 Å². The van der Waals surface area contributed by atoms with E-state index in [0.29, 0.717) is 0 Å². The minimum Gasteiger partial charge on any atom is -0.468 e. The van der Waals surface area contributed by atoms with Crippen LogP contribution in [0.4, 0.5) is 5.95 Å². The molecule has 0 aliphatic carbocycles. The standard InChI is InChI=1S/C15H21N5O/c1-3-14(21-12-1)13-16-6-7-19-8-10-20(11-9-19)15-17-4-2-5-18-15/h1-5,12,16H,6-11,13H2. The van der Waals surface area contributed by atoms with Crippen molar-refractivity contribution < 1.29 is 4.42 Å². The van der Waals surface area contributed by atoms with Crippen LogP contribution in [0, 0.1) is 0 Å². The third kappa shape index (κ3) is 4.03. The summed E-state index contributed by atoms with van der Waals surface area (Å²) in [7, 11) is 0. The fourth-order valence-electron chi connectivity index (χ4n) is 2.49. The fraction of sp³-hybridized carbons (Fsp3) is 0.467. The second-order valence-electron chi connectivity index (χ2n) is 5.13. The SMILES string of the molecule is c1cnc(N2CCN(CCNCc3ccco3)CC2)nc1. The topological polar surface area (TPSA) is 57.4 Å². The number of rotatable bonds is 6. The minimum atomic E-state index is 0.796. The molecule has 0 unspecified atom stereocenters. The molecule has 0 bridgehead atoms. The van der Waals surface area contributed by atoms with E-state index in [-0.39, 0.29) is 0 Å². The summed E-state index contributed by atoms with van der Waals surface area (Å²) in [5, 5.41) is 3.40. The highest BCUT2D eigenvalue weighted by molar-refractivity contribution is 5.29. The Bertz CT molecular complexity index is 508. The highest BCUT2D eigenvalue weighted by atomic mass is 16.3. The number of piperazine rings is 1. The summed E-state index contributed by atoms with van der Waals surface area (Å²) < 4.78 is 5.29. The van der Waals surface area contributed by atoms with E-state index in [1.54, 1.807) is 18.7 Å². The number of furan rings is 1. The highest BCUT2D eigenvalue weighted by Crippen LogP contribution is 2.09. The zero-order chi connectivity index (χ0) is 14.3. The second kappa shape index (κ2) is 7.19. The smallest absolute Gasteiger partial charge is 0.225 e. The van der Waals surface area contributed by atoms with Crippen molar-refractivity contribution in [2.24, 2.45) is 0 Å². The van der Waals surface area contributed by atoms with Crippen molar-refractivity contribution in [3.05, 3.63) is 42.6 Å².